The van der Waals surface area contributed by atoms with Crippen LogP contribution in [0, 0.1) is 0 Å². The van der Waals surface area contributed by atoms with Gasteiger partial charge in [0.15, 0.2) is 5.69 Å². The van der Waals surface area contributed by atoms with Crippen LogP contribution in [0.1, 0.15) is 17.4 Å². The zero-order valence-electron chi connectivity index (χ0n) is 9.81. The Morgan fingerprint density at radius 3 is 2.83 bits per heavy atom. The van der Waals surface area contributed by atoms with Gasteiger partial charge in [0.1, 0.15) is 5.69 Å². The van der Waals surface area contributed by atoms with E-state index < -0.39 is 5.97 Å². The second-order valence-electron chi connectivity index (χ2n) is 3.62. The van der Waals surface area contributed by atoms with Crippen LogP contribution in [0.25, 0.3) is 11.3 Å². The first-order valence-electron chi connectivity index (χ1n) is 5.47. The van der Waals surface area contributed by atoms with E-state index in [0.29, 0.717) is 17.8 Å². The monoisotopic (exact) mass is 251 g/mol. The molecule has 0 radical (unpaired) electrons. The summed E-state index contributed by atoms with van der Waals surface area (Å²) in [6.07, 6.45) is 3.28. The number of nitrogens with zero attached hydrogens (tertiary/aromatic N) is 5. The Morgan fingerprint density at radius 2 is 2.28 bits per heavy atom. The molecule has 0 bridgehead atoms. The van der Waals surface area contributed by atoms with Crippen molar-refractivity contribution in [3.8, 4) is 11.3 Å². The van der Waals surface area contributed by atoms with Gasteiger partial charge in [0, 0.05) is 18.3 Å². The van der Waals surface area contributed by atoms with Crippen LogP contribution in [0.2, 0.25) is 0 Å². The van der Waals surface area contributed by atoms with Crippen molar-refractivity contribution in [3.63, 3.8) is 0 Å². The van der Waals surface area contributed by atoms with Gasteiger partial charge in [-0.25, -0.2) is 9.48 Å². The quantitative estimate of drug-likeness (QED) is 0.765. The van der Waals surface area contributed by atoms with Gasteiger partial charge in [-0.2, -0.15) is 5.10 Å². The molecule has 0 aliphatic carbocycles. The lowest BCUT2D eigenvalue weighted by molar-refractivity contribution is 0.0691. The molecule has 0 spiro atoms. The third-order valence-corrected chi connectivity index (χ3v) is 2.48. The molecule has 0 amide bonds. The summed E-state index contributed by atoms with van der Waals surface area (Å²) in [6.45, 7) is 2.66. The average Bonchev–Trinajstić information content (AvgIpc) is 2.94. The van der Waals surface area contributed by atoms with Crippen molar-refractivity contribution in [2.45, 2.75) is 20.0 Å². The third-order valence-electron chi connectivity index (χ3n) is 2.48. The van der Waals surface area contributed by atoms with E-state index in [1.54, 1.807) is 17.1 Å². The maximum Gasteiger partial charge on any atom is 0.358 e. The summed E-state index contributed by atoms with van der Waals surface area (Å²) in [4.78, 5) is 11.1. The fraction of sp³-hybridized carbons (Fsp3) is 0.400. The van der Waals surface area contributed by atoms with Crippen LogP contribution in [-0.2, 0) is 13.1 Å². The Labute approximate surface area is 102 Å². The minimum atomic E-state index is -1.15. The smallest absolute Gasteiger partial charge is 0.358 e. The highest BCUT2D eigenvalue weighted by Crippen LogP contribution is 2.21. The molecule has 0 saturated carbocycles. The zero-order chi connectivity index (χ0) is 13.1. The Hall–Kier alpha value is -2.22. The van der Waals surface area contributed by atoms with E-state index in [0.717, 1.165) is 0 Å². The summed E-state index contributed by atoms with van der Waals surface area (Å²) in [7, 11) is 0. The number of aliphatic hydroxyl groups is 1. The first kappa shape index (κ1) is 12.2. The van der Waals surface area contributed by atoms with E-state index in [-0.39, 0.29) is 18.8 Å². The molecule has 0 aromatic carbocycles. The highest BCUT2D eigenvalue weighted by atomic mass is 16.4. The maximum atomic E-state index is 11.1. The summed E-state index contributed by atoms with van der Waals surface area (Å²) in [5.74, 6) is -1.15. The molecule has 8 heteroatoms. The molecule has 0 aliphatic rings. The molecule has 0 saturated heterocycles. The third kappa shape index (κ3) is 2.09. The van der Waals surface area contributed by atoms with Gasteiger partial charge in [0.05, 0.1) is 19.3 Å². The second kappa shape index (κ2) is 4.96. The molecule has 96 valence electrons. The minimum Gasteiger partial charge on any atom is -0.476 e. The number of aryl methyl sites for hydroxylation is 1. The summed E-state index contributed by atoms with van der Waals surface area (Å²) in [5.41, 5.74) is 0.836. The molecule has 0 fully saturated rings. The number of carboxylic acid groups (broad SMARTS) is 1. The summed E-state index contributed by atoms with van der Waals surface area (Å²) < 4.78 is 3.04. The van der Waals surface area contributed by atoms with Gasteiger partial charge in [0.25, 0.3) is 0 Å². The Balaban J connectivity index is 2.51. The molecule has 2 heterocycles. The molecule has 2 aromatic heterocycles. The first-order chi connectivity index (χ1) is 8.67. The van der Waals surface area contributed by atoms with Crippen LogP contribution in [0.15, 0.2) is 12.4 Å². The fourth-order valence-corrected chi connectivity index (χ4v) is 1.65. The van der Waals surface area contributed by atoms with E-state index in [1.165, 1.54) is 4.68 Å². The van der Waals surface area contributed by atoms with Gasteiger partial charge < -0.3 is 10.2 Å². The van der Waals surface area contributed by atoms with Crippen LogP contribution in [-0.4, -0.2) is 47.6 Å². The molecule has 0 unspecified atom stereocenters. The lowest BCUT2D eigenvalue weighted by Gasteiger charge is -2.02. The first-order valence-corrected chi connectivity index (χ1v) is 5.47. The molecule has 2 rings (SSSR count). The Kier molecular flexibility index (Phi) is 3.38. The largest absolute Gasteiger partial charge is 0.476 e. The minimum absolute atomic E-state index is 0.140. The zero-order valence-corrected chi connectivity index (χ0v) is 9.81. The van der Waals surface area contributed by atoms with E-state index in [2.05, 4.69) is 15.4 Å². The molecule has 18 heavy (non-hydrogen) atoms. The van der Waals surface area contributed by atoms with Crippen molar-refractivity contribution in [1.29, 1.82) is 0 Å². The van der Waals surface area contributed by atoms with Crippen LogP contribution >= 0.6 is 0 Å². The number of carboxylic acids is 1. The van der Waals surface area contributed by atoms with Crippen molar-refractivity contribution < 1.29 is 15.0 Å². The fourth-order valence-electron chi connectivity index (χ4n) is 1.65. The van der Waals surface area contributed by atoms with Gasteiger partial charge in [-0.1, -0.05) is 5.21 Å². The predicted octanol–water partition coefficient (Wildman–Crippen LogP) is -0.148. The number of carbonyl (C=O) groups is 1. The van der Waals surface area contributed by atoms with Crippen molar-refractivity contribution in [3.05, 3.63) is 18.1 Å². The van der Waals surface area contributed by atoms with Crippen molar-refractivity contribution >= 4 is 5.97 Å². The van der Waals surface area contributed by atoms with Crippen LogP contribution in [0.4, 0.5) is 0 Å². The van der Waals surface area contributed by atoms with Crippen LogP contribution < -0.4 is 0 Å². The molecule has 2 aromatic rings. The van der Waals surface area contributed by atoms with Gasteiger partial charge in [-0.05, 0) is 6.92 Å². The summed E-state index contributed by atoms with van der Waals surface area (Å²) >= 11 is 0. The molecule has 0 aliphatic heterocycles. The standard InChI is InChI=1S/C10H13N5O3/c1-2-14-6-7(5-11-14)9-8(10(17)18)12-13-15(9)3-4-16/h5-6,16H,2-4H2,1H3,(H,17,18). The van der Waals surface area contributed by atoms with Crippen molar-refractivity contribution in [2.75, 3.05) is 6.61 Å². The number of aliphatic hydroxyl groups excluding tert-OH is 1. The van der Waals surface area contributed by atoms with Gasteiger partial charge in [-0.3, -0.25) is 4.68 Å². The molecule has 2 N–H and O–H groups in total. The molecule has 0 atom stereocenters. The number of aromatic nitrogens is 5. The second-order valence-corrected chi connectivity index (χ2v) is 3.62. The highest BCUT2D eigenvalue weighted by Gasteiger charge is 2.21. The van der Waals surface area contributed by atoms with E-state index in [4.69, 9.17) is 10.2 Å². The Bertz CT molecular complexity index is 560. The van der Waals surface area contributed by atoms with Gasteiger partial charge in [-0.15, -0.1) is 5.10 Å². The predicted molar refractivity (Wildman–Crippen MR) is 61.0 cm³/mol. The lowest BCUT2D eigenvalue weighted by atomic mass is 10.2. The van der Waals surface area contributed by atoms with Crippen LogP contribution in [0.5, 0.6) is 0 Å². The van der Waals surface area contributed by atoms with Crippen molar-refractivity contribution in [1.82, 2.24) is 24.8 Å². The van der Waals surface area contributed by atoms with Crippen LogP contribution in [0.3, 0.4) is 0 Å². The topological polar surface area (TPSA) is 106 Å². The number of hydrogen-bond acceptors (Lipinski definition) is 5. The number of hydrogen-bond donors (Lipinski definition) is 2. The molecular formula is C10H13N5O3. The summed E-state index contributed by atoms with van der Waals surface area (Å²) in [6, 6.07) is 0. The van der Waals surface area contributed by atoms with Gasteiger partial charge in [0.2, 0.25) is 0 Å². The molecule has 8 nitrogen and oxygen atoms in total. The highest BCUT2D eigenvalue weighted by molar-refractivity contribution is 5.92. The average molecular weight is 251 g/mol. The maximum absolute atomic E-state index is 11.1. The van der Waals surface area contributed by atoms with E-state index in [9.17, 15) is 4.79 Å². The van der Waals surface area contributed by atoms with E-state index in [1.807, 2.05) is 6.92 Å². The summed E-state index contributed by atoms with van der Waals surface area (Å²) in [5, 5.41) is 29.4. The van der Waals surface area contributed by atoms with Gasteiger partial charge >= 0.3 is 5.97 Å². The molecular weight excluding hydrogens is 238 g/mol. The SMILES string of the molecule is CCn1cc(-c2c(C(=O)O)nnn2CCO)cn1. The Morgan fingerprint density at radius 1 is 1.50 bits per heavy atom. The lowest BCUT2D eigenvalue weighted by Crippen LogP contribution is -2.07. The number of rotatable bonds is 5. The number of aromatic carboxylic acids is 1. The van der Waals surface area contributed by atoms with Crippen molar-refractivity contribution in [2.24, 2.45) is 0 Å². The van der Waals surface area contributed by atoms with E-state index >= 15 is 0 Å². The normalized spacial score (nSPS) is 10.8.